The summed E-state index contributed by atoms with van der Waals surface area (Å²) in [5.41, 5.74) is 3.33. The van der Waals surface area contributed by atoms with Gasteiger partial charge in [-0.15, -0.1) is 0 Å². The maximum absolute atomic E-state index is 5.39. The molecule has 0 bridgehead atoms. The fraction of sp³-hybridized carbons (Fsp3) is 0.615. The summed E-state index contributed by atoms with van der Waals surface area (Å²) in [4.78, 5) is 4.46. The van der Waals surface area contributed by atoms with Crippen molar-refractivity contribution in [1.29, 1.82) is 0 Å². The van der Waals surface area contributed by atoms with E-state index in [-0.39, 0.29) is 0 Å². The number of hydrogen-bond acceptors (Lipinski definition) is 3. The van der Waals surface area contributed by atoms with E-state index in [1.807, 2.05) is 13.1 Å². The van der Waals surface area contributed by atoms with Crippen LogP contribution >= 0.6 is 22.6 Å². The zero-order chi connectivity index (χ0) is 12.7. The lowest BCUT2D eigenvalue weighted by molar-refractivity contribution is 0.406. The van der Waals surface area contributed by atoms with E-state index in [4.69, 9.17) is 4.74 Å². The van der Waals surface area contributed by atoms with Gasteiger partial charge in [0.2, 0.25) is 0 Å². The predicted octanol–water partition coefficient (Wildman–Crippen LogP) is 3.01. The van der Waals surface area contributed by atoms with Crippen LogP contribution in [0.5, 0.6) is 5.75 Å². The number of alkyl halides is 1. The average Bonchev–Trinajstić information content (AvgIpc) is 2.32. The number of methoxy groups -OCH3 is 1. The minimum Gasteiger partial charge on any atom is -0.496 e. The number of nitrogens with zero attached hydrogens (tertiary/aromatic N) is 1. The molecule has 0 aliphatic heterocycles. The molecule has 4 heteroatoms. The Balaban J connectivity index is 2.54. The largest absolute Gasteiger partial charge is 0.496 e. The Kier molecular flexibility index (Phi) is 6.80. The molecule has 0 saturated carbocycles. The Bertz CT molecular complexity index is 356. The van der Waals surface area contributed by atoms with Crippen LogP contribution < -0.4 is 10.1 Å². The molecule has 0 fully saturated rings. The van der Waals surface area contributed by atoms with Gasteiger partial charge in [-0.3, -0.25) is 4.98 Å². The van der Waals surface area contributed by atoms with Crippen molar-refractivity contribution >= 4 is 22.6 Å². The third-order valence-electron chi connectivity index (χ3n) is 2.78. The molecule has 1 heterocycles. The van der Waals surface area contributed by atoms with Crippen molar-refractivity contribution in [1.82, 2.24) is 10.3 Å². The topological polar surface area (TPSA) is 34.1 Å². The van der Waals surface area contributed by atoms with Crippen molar-refractivity contribution in [3.8, 4) is 5.75 Å². The summed E-state index contributed by atoms with van der Waals surface area (Å²) in [5.74, 6) is 0.962. The number of pyridine rings is 1. The van der Waals surface area contributed by atoms with Crippen molar-refractivity contribution < 1.29 is 4.74 Å². The second kappa shape index (κ2) is 7.87. The molecule has 0 radical (unpaired) electrons. The first-order valence-corrected chi connectivity index (χ1v) is 7.49. The van der Waals surface area contributed by atoms with Gasteiger partial charge in [-0.1, -0.05) is 22.6 Å². The molecule has 0 aliphatic carbocycles. The molecule has 17 heavy (non-hydrogen) atoms. The number of hydrogen-bond donors (Lipinski definition) is 1. The molecule has 0 unspecified atom stereocenters. The first kappa shape index (κ1) is 14.7. The van der Waals surface area contributed by atoms with E-state index in [9.17, 15) is 0 Å². The lowest BCUT2D eigenvalue weighted by Gasteiger charge is -2.12. The highest BCUT2D eigenvalue weighted by Crippen LogP contribution is 2.23. The molecule has 1 aromatic rings. The second-order valence-corrected chi connectivity index (χ2v) is 5.20. The monoisotopic (exact) mass is 348 g/mol. The molecule has 0 saturated heterocycles. The van der Waals surface area contributed by atoms with E-state index < -0.39 is 0 Å². The minimum absolute atomic E-state index is 0.823. The number of rotatable bonds is 7. The fourth-order valence-corrected chi connectivity index (χ4v) is 2.34. The SMILES string of the molecule is COc1c(C)cnc(CNCCCCI)c1C. The molecule has 1 aromatic heterocycles. The normalized spacial score (nSPS) is 10.6. The summed E-state index contributed by atoms with van der Waals surface area (Å²) in [6.45, 7) is 5.97. The molecular formula is C13H21IN2O. The molecule has 0 aliphatic rings. The Morgan fingerprint density at radius 1 is 1.35 bits per heavy atom. The summed E-state index contributed by atoms with van der Waals surface area (Å²) in [7, 11) is 1.72. The summed E-state index contributed by atoms with van der Waals surface area (Å²) in [5, 5.41) is 3.43. The Hall–Kier alpha value is -0.360. The van der Waals surface area contributed by atoms with Crippen LogP contribution in [0.4, 0.5) is 0 Å². The number of halogens is 1. The van der Waals surface area contributed by atoms with Crippen LogP contribution in [-0.2, 0) is 6.54 Å². The van der Waals surface area contributed by atoms with E-state index >= 15 is 0 Å². The van der Waals surface area contributed by atoms with Crippen LogP contribution in [0.3, 0.4) is 0 Å². The van der Waals surface area contributed by atoms with Gasteiger partial charge in [-0.2, -0.15) is 0 Å². The van der Waals surface area contributed by atoms with Gasteiger partial charge in [0.05, 0.1) is 12.8 Å². The molecule has 96 valence electrons. The van der Waals surface area contributed by atoms with Crippen LogP contribution in [0.25, 0.3) is 0 Å². The van der Waals surface area contributed by atoms with Gasteiger partial charge in [-0.05, 0) is 37.7 Å². The predicted molar refractivity (Wildman–Crippen MR) is 80.1 cm³/mol. The van der Waals surface area contributed by atoms with E-state index in [0.29, 0.717) is 0 Å². The maximum atomic E-state index is 5.39. The molecule has 0 aromatic carbocycles. The van der Waals surface area contributed by atoms with Crippen LogP contribution in [-0.4, -0.2) is 23.1 Å². The standard InChI is InChI=1S/C13H21IN2O/c1-10-8-16-12(11(2)13(10)17-3)9-15-7-5-4-6-14/h8,15H,4-7,9H2,1-3H3. The molecule has 3 nitrogen and oxygen atoms in total. The highest BCUT2D eigenvalue weighted by Gasteiger charge is 2.08. The molecule has 1 rings (SSSR count). The van der Waals surface area contributed by atoms with Crippen molar-refractivity contribution in [2.45, 2.75) is 33.2 Å². The number of ether oxygens (including phenoxy) is 1. The molecule has 0 amide bonds. The quantitative estimate of drug-likeness (QED) is 0.467. The molecular weight excluding hydrogens is 327 g/mol. The van der Waals surface area contributed by atoms with Gasteiger partial charge in [0.25, 0.3) is 0 Å². The molecule has 0 atom stereocenters. The van der Waals surface area contributed by atoms with Gasteiger partial charge in [0.15, 0.2) is 0 Å². The van der Waals surface area contributed by atoms with Crippen molar-refractivity contribution in [2.75, 3.05) is 18.1 Å². The number of unbranched alkanes of at least 4 members (excludes halogenated alkanes) is 1. The van der Waals surface area contributed by atoms with Crippen molar-refractivity contribution in [3.05, 3.63) is 23.0 Å². The number of aromatic nitrogens is 1. The minimum atomic E-state index is 0.823. The van der Waals surface area contributed by atoms with Gasteiger partial charge in [0, 0.05) is 23.9 Å². The zero-order valence-electron chi connectivity index (χ0n) is 10.8. The lowest BCUT2D eigenvalue weighted by atomic mass is 10.1. The highest BCUT2D eigenvalue weighted by molar-refractivity contribution is 14.1. The second-order valence-electron chi connectivity index (χ2n) is 4.12. The number of nitrogens with one attached hydrogen (secondary N) is 1. The first-order chi connectivity index (χ1) is 8.20. The fourth-order valence-electron chi connectivity index (χ4n) is 1.80. The van der Waals surface area contributed by atoms with E-state index in [0.717, 1.165) is 35.7 Å². The zero-order valence-corrected chi connectivity index (χ0v) is 13.0. The third-order valence-corrected chi connectivity index (χ3v) is 3.54. The van der Waals surface area contributed by atoms with E-state index in [2.05, 4.69) is 39.8 Å². The smallest absolute Gasteiger partial charge is 0.128 e. The molecule has 0 spiro atoms. The average molecular weight is 348 g/mol. The summed E-state index contributed by atoms with van der Waals surface area (Å²) in [6, 6.07) is 0. The maximum Gasteiger partial charge on any atom is 0.128 e. The Morgan fingerprint density at radius 2 is 2.12 bits per heavy atom. The third kappa shape index (κ3) is 4.43. The Labute approximate surface area is 117 Å². The molecule has 1 N–H and O–H groups in total. The van der Waals surface area contributed by atoms with Crippen LogP contribution in [0.2, 0.25) is 0 Å². The summed E-state index contributed by atoms with van der Waals surface area (Å²) < 4.78 is 6.62. The van der Waals surface area contributed by atoms with Gasteiger partial charge < -0.3 is 10.1 Å². The van der Waals surface area contributed by atoms with Gasteiger partial charge in [0.1, 0.15) is 5.75 Å². The lowest BCUT2D eigenvalue weighted by Crippen LogP contribution is -2.17. The van der Waals surface area contributed by atoms with Crippen molar-refractivity contribution in [3.63, 3.8) is 0 Å². The van der Waals surface area contributed by atoms with E-state index in [1.165, 1.54) is 17.3 Å². The van der Waals surface area contributed by atoms with Crippen molar-refractivity contribution in [2.24, 2.45) is 0 Å². The summed E-state index contributed by atoms with van der Waals surface area (Å²) >= 11 is 2.41. The van der Waals surface area contributed by atoms with Crippen LogP contribution in [0, 0.1) is 13.8 Å². The first-order valence-electron chi connectivity index (χ1n) is 5.96. The highest BCUT2D eigenvalue weighted by atomic mass is 127. The van der Waals surface area contributed by atoms with E-state index in [1.54, 1.807) is 7.11 Å². The number of aryl methyl sites for hydroxylation is 1. The van der Waals surface area contributed by atoms with Crippen LogP contribution in [0.15, 0.2) is 6.20 Å². The van der Waals surface area contributed by atoms with Crippen LogP contribution in [0.1, 0.15) is 29.7 Å². The Morgan fingerprint density at radius 3 is 2.76 bits per heavy atom. The van der Waals surface area contributed by atoms with Gasteiger partial charge in [-0.25, -0.2) is 0 Å². The summed E-state index contributed by atoms with van der Waals surface area (Å²) in [6.07, 6.45) is 4.38. The van der Waals surface area contributed by atoms with Gasteiger partial charge >= 0.3 is 0 Å².